The van der Waals surface area contributed by atoms with Crippen molar-refractivity contribution in [1.29, 1.82) is 0 Å². The highest BCUT2D eigenvalue weighted by molar-refractivity contribution is 5.87. The summed E-state index contributed by atoms with van der Waals surface area (Å²) in [5.74, 6) is -2.43. The Kier molecular flexibility index (Phi) is 5.11. The van der Waals surface area contributed by atoms with E-state index < -0.39 is 24.3 Å². The molecule has 1 rings (SSSR count). The first-order valence-corrected chi connectivity index (χ1v) is 5.41. The molecule has 2 N–H and O–H groups in total. The van der Waals surface area contributed by atoms with Crippen LogP contribution in [0.25, 0.3) is 0 Å². The monoisotopic (exact) mass is 244 g/mol. The zero-order chi connectivity index (χ0) is 12.8. The molecule has 0 aromatic rings. The molecule has 6 nitrogen and oxygen atoms in total. The first-order chi connectivity index (χ1) is 8.00. The van der Waals surface area contributed by atoms with E-state index in [-0.39, 0.29) is 12.0 Å². The molecule has 2 unspecified atom stereocenters. The smallest absolute Gasteiger partial charge is 0.333 e. The van der Waals surface area contributed by atoms with Gasteiger partial charge < -0.3 is 19.7 Å². The molecule has 0 spiro atoms. The minimum Gasteiger partial charge on any atom is -0.479 e. The zero-order valence-corrected chi connectivity index (χ0v) is 9.42. The molecule has 0 aliphatic carbocycles. The van der Waals surface area contributed by atoms with Crippen LogP contribution in [0.4, 0.5) is 0 Å². The SMILES string of the molecule is C=C(CC(OC1CCCCO1)C(=O)O)C(=O)O. The first-order valence-electron chi connectivity index (χ1n) is 5.41. The summed E-state index contributed by atoms with van der Waals surface area (Å²) in [7, 11) is 0. The van der Waals surface area contributed by atoms with Crippen molar-refractivity contribution in [1.82, 2.24) is 0 Å². The molecule has 0 aromatic heterocycles. The zero-order valence-electron chi connectivity index (χ0n) is 9.42. The summed E-state index contributed by atoms with van der Waals surface area (Å²) < 4.78 is 10.5. The molecule has 2 atom stereocenters. The number of aliphatic carboxylic acids is 2. The predicted octanol–water partition coefficient (Wildman–Crippen LogP) is 1.01. The third-order valence-electron chi connectivity index (χ3n) is 2.46. The highest BCUT2D eigenvalue weighted by atomic mass is 16.7. The molecule has 1 aliphatic heterocycles. The van der Waals surface area contributed by atoms with Crippen molar-refractivity contribution in [3.8, 4) is 0 Å². The van der Waals surface area contributed by atoms with E-state index in [1.807, 2.05) is 0 Å². The summed E-state index contributed by atoms with van der Waals surface area (Å²) in [5, 5.41) is 17.6. The molecule has 1 heterocycles. The number of rotatable bonds is 6. The molecule has 1 aliphatic rings. The fraction of sp³-hybridized carbons (Fsp3) is 0.636. The van der Waals surface area contributed by atoms with Crippen molar-refractivity contribution in [2.45, 2.75) is 38.1 Å². The van der Waals surface area contributed by atoms with Gasteiger partial charge in [0.25, 0.3) is 0 Å². The van der Waals surface area contributed by atoms with Gasteiger partial charge in [-0.3, -0.25) is 0 Å². The molecule has 1 saturated heterocycles. The van der Waals surface area contributed by atoms with Crippen molar-refractivity contribution in [2.75, 3.05) is 6.61 Å². The lowest BCUT2D eigenvalue weighted by Crippen LogP contribution is -2.33. The Balaban J connectivity index is 2.50. The molecule has 1 fully saturated rings. The van der Waals surface area contributed by atoms with Crippen LogP contribution < -0.4 is 0 Å². The fourth-order valence-electron chi connectivity index (χ4n) is 1.51. The first kappa shape index (κ1) is 13.7. The van der Waals surface area contributed by atoms with Gasteiger partial charge in [0.05, 0.1) is 0 Å². The van der Waals surface area contributed by atoms with E-state index in [1.54, 1.807) is 0 Å². The summed E-state index contributed by atoms with van der Waals surface area (Å²) in [5.41, 5.74) is -0.187. The van der Waals surface area contributed by atoms with Gasteiger partial charge in [-0.25, -0.2) is 9.59 Å². The molecule has 0 amide bonds. The quantitative estimate of drug-likeness (QED) is 0.677. The molecule has 0 radical (unpaired) electrons. The molecule has 17 heavy (non-hydrogen) atoms. The molecule has 0 bridgehead atoms. The average molecular weight is 244 g/mol. The number of carbonyl (C=O) groups is 2. The van der Waals surface area contributed by atoms with Gasteiger partial charge in [0.15, 0.2) is 12.4 Å². The van der Waals surface area contributed by atoms with Crippen LogP contribution >= 0.6 is 0 Å². The Hall–Kier alpha value is -1.40. The van der Waals surface area contributed by atoms with Crippen LogP contribution in [0.3, 0.4) is 0 Å². The summed E-state index contributed by atoms with van der Waals surface area (Å²) in [6.07, 6.45) is 0.442. The van der Waals surface area contributed by atoms with E-state index in [9.17, 15) is 9.59 Å². The minimum absolute atomic E-state index is 0.187. The number of hydrogen-bond donors (Lipinski definition) is 2. The Labute approximate surface area is 98.8 Å². The van der Waals surface area contributed by atoms with E-state index in [4.69, 9.17) is 19.7 Å². The number of ether oxygens (including phenoxy) is 2. The normalized spacial score (nSPS) is 21.8. The highest BCUT2D eigenvalue weighted by Gasteiger charge is 2.26. The lowest BCUT2D eigenvalue weighted by Gasteiger charge is -2.25. The molecule has 0 saturated carbocycles. The average Bonchev–Trinajstić information content (AvgIpc) is 2.29. The van der Waals surface area contributed by atoms with Gasteiger partial charge >= 0.3 is 11.9 Å². The maximum atomic E-state index is 10.9. The van der Waals surface area contributed by atoms with Gasteiger partial charge in [-0.2, -0.15) is 0 Å². The van der Waals surface area contributed by atoms with Crippen LogP contribution in [-0.2, 0) is 19.1 Å². The fourth-order valence-corrected chi connectivity index (χ4v) is 1.51. The van der Waals surface area contributed by atoms with Crippen LogP contribution in [-0.4, -0.2) is 41.2 Å². The largest absolute Gasteiger partial charge is 0.479 e. The Morgan fingerprint density at radius 1 is 1.41 bits per heavy atom. The second-order valence-corrected chi connectivity index (χ2v) is 3.87. The molecule has 0 aromatic carbocycles. The number of carboxylic acids is 2. The number of carboxylic acid groups (broad SMARTS) is 2. The van der Waals surface area contributed by atoms with E-state index >= 15 is 0 Å². The molecule has 6 heteroatoms. The van der Waals surface area contributed by atoms with Crippen LogP contribution in [0.1, 0.15) is 25.7 Å². The van der Waals surface area contributed by atoms with Crippen LogP contribution in [0.2, 0.25) is 0 Å². The highest BCUT2D eigenvalue weighted by Crippen LogP contribution is 2.18. The summed E-state index contributed by atoms with van der Waals surface area (Å²) in [6.45, 7) is 3.82. The molecule has 96 valence electrons. The van der Waals surface area contributed by atoms with Crippen molar-refractivity contribution >= 4 is 11.9 Å². The standard InChI is InChI=1S/C11H16O6/c1-7(10(12)13)6-8(11(14)15)17-9-4-2-3-5-16-9/h8-9H,1-6H2,(H,12,13)(H,14,15). The van der Waals surface area contributed by atoms with Gasteiger partial charge in [0, 0.05) is 18.6 Å². The Morgan fingerprint density at radius 3 is 2.59 bits per heavy atom. The van der Waals surface area contributed by atoms with Crippen LogP contribution in [0, 0.1) is 0 Å². The van der Waals surface area contributed by atoms with Crippen molar-refractivity contribution in [2.24, 2.45) is 0 Å². The van der Waals surface area contributed by atoms with E-state index in [2.05, 4.69) is 6.58 Å². The second kappa shape index (κ2) is 6.36. The Morgan fingerprint density at radius 2 is 2.12 bits per heavy atom. The van der Waals surface area contributed by atoms with E-state index in [1.165, 1.54) is 0 Å². The summed E-state index contributed by atoms with van der Waals surface area (Å²) in [4.78, 5) is 21.5. The van der Waals surface area contributed by atoms with E-state index in [0.717, 1.165) is 12.8 Å². The van der Waals surface area contributed by atoms with Gasteiger partial charge in [-0.1, -0.05) is 6.58 Å². The molecular formula is C11H16O6. The minimum atomic E-state index is -1.22. The second-order valence-electron chi connectivity index (χ2n) is 3.87. The maximum Gasteiger partial charge on any atom is 0.333 e. The molecular weight excluding hydrogens is 228 g/mol. The number of hydrogen-bond acceptors (Lipinski definition) is 4. The van der Waals surface area contributed by atoms with E-state index in [0.29, 0.717) is 13.0 Å². The van der Waals surface area contributed by atoms with Crippen LogP contribution in [0.5, 0.6) is 0 Å². The lowest BCUT2D eigenvalue weighted by molar-refractivity contribution is -0.200. The van der Waals surface area contributed by atoms with Crippen molar-refractivity contribution in [3.63, 3.8) is 0 Å². The lowest BCUT2D eigenvalue weighted by atomic mass is 10.1. The Bertz CT molecular complexity index is 305. The van der Waals surface area contributed by atoms with Gasteiger partial charge in [0.2, 0.25) is 0 Å². The maximum absolute atomic E-state index is 10.9. The van der Waals surface area contributed by atoms with Crippen LogP contribution in [0.15, 0.2) is 12.2 Å². The third kappa shape index (κ3) is 4.54. The third-order valence-corrected chi connectivity index (χ3v) is 2.46. The summed E-state index contributed by atoms with van der Waals surface area (Å²) >= 11 is 0. The van der Waals surface area contributed by atoms with Crippen molar-refractivity contribution in [3.05, 3.63) is 12.2 Å². The predicted molar refractivity (Wildman–Crippen MR) is 57.5 cm³/mol. The topological polar surface area (TPSA) is 93.1 Å². The summed E-state index contributed by atoms with van der Waals surface area (Å²) in [6, 6.07) is 0. The van der Waals surface area contributed by atoms with Gasteiger partial charge in [0.1, 0.15) is 0 Å². The van der Waals surface area contributed by atoms with Gasteiger partial charge in [-0.15, -0.1) is 0 Å². The van der Waals surface area contributed by atoms with Crippen molar-refractivity contribution < 1.29 is 29.3 Å². The van der Waals surface area contributed by atoms with Gasteiger partial charge in [-0.05, 0) is 19.3 Å².